The molecular weight excluding hydrogens is 366 g/mol. The van der Waals surface area contributed by atoms with E-state index in [-0.39, 0.29) is 12.4 Å². The van der Waals surface area contributed by atoms with Crippen LogP contribution >= 0.6 is 0 Å². The molecule has 6 nitrogen and oxygen atoms in total. The van der Waals surface area contributed by atoms with Crippen molar-refractivity contribution in [1.29, 1.82) is 0 Å². The minimum atomic E-state index is -0.00270. The Bertz CT molecular complexity index is 680. The van der Waals surface area contributed by atoms with E-state index in [0.29, 0.717) is 18.8 Å². The van der Waals surface area contributed by atoms with Crippen LogP contribution in [0.1, 0.15) is 50.5 Å². The summed E-state index contributed by atoms with van der Waals surface area (Å²) in [6.45, 7) is 6.19. The Labute approximate surface area is 174 Å². The standard InChI is InChI=1S/C23H35N3O3/c27-15-7-21(28)17-19-3-1-18(2-4-19)6-10-25-11-13-26(14-12-25)23-22-20(5-9-24-23)8-16-29-22/h5,9,18-19,27H,1-4,6-8,10-17H2. The van der Waals surface area contributed by atoms with Gasteiger partial charge in [-0.3, -0.25) is 9.69 Å². The quantitative estimate of drug-likeness (QED) is 0.722. The number of ketones is 1. The number of pyridine rings is 1. The third-order valence-corrected chi connectivity index (χ3v) is 6.98. The topological polar surface area (TPSA) is 65.9 Å². The lowest BCUT2D eigenvalue weighted by atomic mass is 9.78. The number of aromatic nitrogens is 1. The number of piperazine rings is 1. The van der Waals surface area contributed by atoms with Gasteiger partial charge in [0.1, 0.15) is 5.78 Å². The van der Waals surface area contributed by atoms with Crippen molar-refractivity contribution >= 4 is 11.6 Å². The zero-order valence-corrected chi connectivity index (χ0v) is 17.5. The highest BCUT2D eigenvalue weighted by atomic mass is 16.5. The molecule has 0 radical (unpaired) electrons. The summed E-state index contributed by atoms with van der Waals surface area (Å²) in [6, 6.07) is 2.08. The SMILES string of the molecule is O=C(CCO)CC1CCC(CCN2CCN(c3nccc4c3OCC4)CC2)CC1. The number of hydrogen-bond acceptors (Lipinski definition) is 6. The molecule has 0 atom stereocenters. The Morgan fingerprint density at radius 3 is 2.66 bits per heavy atom. The molecule has 1 aromatic rings. The van der Waals surface area contributed by atoms with Crippen LogP contribution in [-0.2, 0) is 11.2 Å². The molecule has 6 heteroatoms. The number of aliphatic hydroxyl groups excluding tert-OH is 1. The van der Waals surface area contributed by atoms with Gasteiger partial charge in [-0.2, -0.15) is 0 Å². The summed E-state index contributed by atoms with van der Waals surface area (Å²) >= 11 is 0. The molecule has 160 valence electrons. The van der Waals surface area contributed by atoms with Crippen molar-refractivity contribution < 1.29 is 14.6 Å². The number of carbonyl (C=O) groups excluding carboxylic acids is 1. The molecule has 1 saturated carbocycles. The Balaban J connectivity index is 1.16. The summed E-state index contributed by atoms with van der Waals surface area (Å²) in [5.41, 5.74) is 1.30. The lowest BCUT2D eigenvalue weighted by molar-refractivity contribution is -0.120. The largest absolute Gasteiger partial charge is 0.489 e. The van der Waals surface area contributed by atoms with Crippen molar-refractivity contribution in [3.8, 4) is 5.75 Å². The number of ether oxygens (including phenoxy) is 1. The predicted molar refractivity (Wildman–Crippen MR) is 113 cm³/mol. The van der Waals surface area contributed by atoms with Gasteiger partial charge < -0.3 is 14.7 Å². The van der Waals surface area contributed by atoms with E-state index in [2.05, 4.69) is 20.9 Å². The molecule has 0 unspecified atom stereocenters. The van der Waals surface area contributed by atoms with Crippen molar-refractivity contribution in [3.05, 3.63) is 17.8 Å². The van der Waals surface area contributed by atoms with E-state index in [1.54, 1.807) is 0 Å². The first kappa shape index (κ1) is 20.6. The molecule has 3 aliphatic rings. The van der Waals surface area contributed by atoms with Gasteiger partial charge in [-0.15, -0.1) is 0 Å². The first-order chi connectivity index (χ1) is 14.2. The van der Waals surface area contributed by atoms with Crippen molar-refractivity contribution in [1.82, 2.24) is 9.88 Å². The molecule has 1 aromatic heterocycles. The summed E-state index contributed by atoms with van der Waals surface area (Å²) in [6.07, 6.45) is 10.1. The van der Waals surface area contributed by atoms with Crippen LogP contribution in [-0.4, -0.2) is 66.7 Å². The second-order valence-electron chi connectivity index (χ2n) is 8.94. The maximum Gasteiger partial charge on any atom is 0.171 e. The minimum absolute atomic E-state index is 0.00270. The van der Waals surface area contributed by atoms with Crippen LogP contribution < -0.4 is 9.64 Å². The van der Waals surface area contributed by atoms with Gasteiger partial charge in [0.2, 0.25) is 0 Å². The minimum Gasteiger partial charge on any atom is -0.489 e. The lowest BCUT2D eigenvalue weighted by Gasteiger charge is -2.37. The zero-order valence-electron chi connectivity index (χ0n) is 17.5. The third-order valence-electron chi connectivity index (χ3n) is 6.98. The Hall–Kier alpha value is -1.66. The van der Waals surface area contributed by atoms with E-state index in [9.17, 15) is 4.79 Å². The Morgan fingerprint density at radius 2 is 1.90 bits per heavy atom. The highest BCUT2D eigenvalue weighted by Crippen LogP contribution is 2.35. The van der Waals surface area contributed by atoms with Gasteiger partial charge in [0.15, 0.2) is 11.6 Å². The molecule has 0 bridgehead atoms. The van der Waals surface area contributed by atoms with Gasteiger partial charge in [0.25, 0.3) is 0 Å². The van der Waals surface area contributed by atoms with Gasteiger partial charge in [-0.25, -0.2) is 4.98 Å². The number of Topliss-reactive ketones (excluding diaryl/α,β-unsaturated/α-hetero) is 1. The lowest BCUT2D eigenvalue weighted by Crippen LogP contribution is -2.47. The van der Waals surface area contributed by atoms with Crippen LogP contribution in [0.3, 0.4) is 0 Å². The summed E-state index contributed by atoms with van der Waals surface area (Å²) in [5, 5.41) is 8.89. The Morgan fingerprint density at radius 1 is 1.14 bits per heavy atom. The number of fused-ring (bicyclic) bond motifs is 1. The van der Waals surface area contributed by atoms with Crippen molar-refractivity contribution in [2.24, 2.45) is 11.8 Å². The monoisotopic (exact) mass is 401 g/mol. The number of nitrogens with zero attached hydrogens (tertiary/aromatic N) is 3. The fraction of sp³-hybridized carbons (Fsp3) is 0.739. The molecule has 1 saturated heterocycles. The molecule has 3 heterocycles. The molecule has 0 aromatic carbocycles. The normalized spacial score (nSPS) is 24.9. The molecule has 2 aliphatic heterocycles. The number of anilines is 1. The van der Waals surface area contributed by atoms with Gasteiger partial charge in [0, 0.05) is 63.8 Å². The van der Waals surface area contributed by atoms with Crippen molar-refractivity contribution in [2.45, 2.75) is 51.4 Å². The summed E-state index contributed by atoms with van der Waals surface area (Å²) in [7, 11) is 0. The van der Waals surface area contributed by atoms with Crippen molar-refractivity contribution in [2.75, 3.05) is 50.8 Å². The molecule has 0 spiro atoms. The van der Waals surface area contributed by atoms with Gasteiger partial charge >= 0.3 is 0 Å². The van der Waals surface area contributed by atoms with Crippen LogP contribution in [0.4, 0.5) is 5.82 Å². The number of hydrogen-bond donors (Lipinski definition) is 1. The van der Waals surface area contributed by atoms with Crippen LogP contribution in [0.2, 0.25) is 0 Å². The zero-order chi connectivity index (χ0) is 20.1. The van der Waals surface area contributed by atoms with Gasteiger partial charge in [-0.05, 0) is 43.7 Å². The smallest absolute Gasteiger partial charge is 0.171 e. The van der Waals surface area contributed by atoms with E-state index in [1.807, 2.05) is 6.20 Å². The van der Waals surface area contributed by atoms with E-state index >= 15 is 0 Å². The van der Waals surface area contributed by atoms with Crippen LogP contribution in [0, 0.1) is 11.8 Å². The summed E-state index contributed by atoms with van der Waals surface area (Å²) in [5.74, 6) is 3.64. The fourth-order valence-corrected chi connectivity index (χ4v) is 5.14. The van der Waals surface area contributed by atoms with E-state index < -0.39 is 0 Å². The number of rotatable bonds is 8. The number of carbonyl (C=O) groups is 1. The van der Waals surface area contributed by atoms with E-state index in [4.69, 9.17) is 9.84 Å². The third kappa shape index (κ3) is 5.28. The van der Waals surface area contributed by atoms with E-state index in [1.165, 1.54) is 44.2 Å². The molecule has 1 N–H and O–H groups in total. The second kappa shape index (κ2) is 9.90. The fourth-order valence-electron chi connectivity index (χ4n) is 5.14. The first-order valence-electron chi connectivity index (χ1n) is 11.4. The predicted octanol–water partition coefficient (Wildman–Crippen LogP) is 2.68. The van der Waals surface area contributed by atoms with Crippen LogP contribution in [0.5, 0.6) is 5.75 Å². The summed E-state index contributed by atoms with van der Waals surface area (Å²) < 4.78 is 5.83. The maximum absolute atomic E-state index is 11.7. The maximum atomic E-state index is 11.7. The van der Waals surface area contributed by atoms with E-state index in [0.717, 1.165) is 56.7 Å². The van der Waals surface area contributed by atoms with Gasteiger partial charge in [-0.1, -0.05) is 12.8 Å². The highest BCUT2D eigenvalue weighted by molar-refractivity contribution is 5.78. The molecule has 29 heavy (non-hydrogen) atoms. The second-order valence-corrected chi connectivity index (χ2v) is 8.94. The molecule has 1 aliphatic carbocycles. The first-order valence-corrected chi connectivity index (χ1v) is 11.4. The average Bonchev–Trinajstić information content (AvgIpc) is 3.23. The molecule has 0 amide bonds. The number of aliphatic hydroxyl groups is 1. The molecule has 2 fully saturated rings. The highest BCUT2D eigenvalue weighted by Gasteiger charge is 2.26. The Kier molecular flexibility index (Phi) is 7.03. The van der Waals surface area contributed by atoms with Gasteiger partial charge in [0.05, 0.1) is 6.61 Å². The molecular formula is C23H35N3O3. The molecule has 4 rings (SSSR count). The summed E-state index contributed by atoms with van der Waals surface area (Å²) in [4.78, 5) is 21.3. The average molecular weight is 402 g/mol. The van der Waals surface area contributed by atoms with Crippen molar-refractivity contribution in [3.63, 3.8) is 0 Å². The van der Waals surface area contributed by atoms with Crippen LogP contribution in [0.25, 0.3) is 0 Å². The van der Waals surface area contributed by atoms with Crippen LogP contribution in [0.15, 0.2) is 12.3 Å².